The van der Waals surface area contributed by atoms with E-state index in [4.69, 9.17) is 28.6 Å². The first-order valence-electron chi connectivity index (χ1n) is 10.9. The quantitative estimate of drug-likeness (QED) is 0.238. The number of rotatable bonds is 7. The molecule has 0 N–H and O–H groups in total. The second kappa shape index (κ2) is 8.75. The van der Waals surface area contributed by atoms with Crippen LogP contribution in [0.4, 0.5) is 0 Å². The number of fused-ring (bicyclic) bond motifs is 2. The Labute approximate surface area is 209 Å². The summed E-state index contributed by atoms with van der Waals surface area (Å²) < 4.78 is 25.1. The van der Waals surface area contributed by atoms with Gasteiger partial charge in [0.1, 0.15) is 40.1 Å². The van der Waals surface area contributed by atoms with Gasteiger partial charge in [-0.15, -0.1) is 22.7 Å². The Morgan fingerprint density at radius 3 is 2.57 bits per heavy atom. The maximum atomic E-state index is 6.20. The predicted molar refractivity (Wildman–Crippen MR) is 138 cm³/mol. The van der Waals surface area contributed by atoms with Crippen molar-refractivity contribution in [3.63, 3.8) is 0 Å². The lowest BCUT2D eigenvalue weighted by atomic mass is 10.2. The fourth-order valence-electron chi connectivity index (χ4n) is 3.87. The Balaban J connectivity index is 1.27. The Hall–Kier alpha value is -3.82. The number of nitrogens with zero attached hydrogens (tertiary/aromatic N) is 3. The second-order valence-corrected chi connectivity index (χ2v) is 10.0. The van der Waals surface area contributed by atoms with Gasteiger partial charge in [-0.05, 0) is 37.3 Å². The lowest BCUT2D eigenvalue weighted by Gasteiger charge is -2.08. The Morgan fingerprint density at radius 2 is 1.80 bits per heavy atom. The van der Waals surface area contributed by atoms with Crippen LogP contribution in [0.1, 0.15) is 10.6 Å². The zero-order chi connectivity index (χ0) is 23.9. The third-order valence-corrected chi connectivity index (χ3v) is 7.45. The van der Waals surface area contributed by atoms with Crippen molar-refractivity contribution >= 4 is 38.6 Å². The number of aryl methyl sites for hydroxylation is 1. The summed E-state index contributed by atoms with van der Waals surface area (Å²) in [5, 5.41) is 3.80. The molecule has 176 valence electrons. The summed E-state index contributed by atoms with van der Waals surface area (Å²) in [6.45, 7) is 2.40. The number of aromatic nitrogens is 3. The first-order chi connectivity index (χ1) is 17.1. The van der Waals surface area contributed by atoms with Gasteiger partial charge in [-0.3, -0.25) is 4.40 Å². The number of ether oxygens (including phenoxy) is 3. The average Bonchev–Trinajstić information content (AvgIpc) is 3.65. The van der Waals surface area contributed by atoms with Crippen LogP contribution in [0.15, 0.2) is 64.7 Å². The van der Waals surface area contributed by atoms with Crippen LogP contribution >= 0.6 is 22.7 Å². The van der Waals surface area contributed by atoms with Crippen LogP contribution in [0, 0.1) is 6.92 Å². The van der Waals surface area contributed by atoms with Crippen molar-refractivity contribution in [3.8, 4) is 39.3 Å². The van der Waals surface area contributed by atoms with Crippen molar-refractivity contribution in [2.24, 2.45) is 0 Å². The van der Waals surface area contributed by atoms with E-state index < -0.39 is 0 Å². The number of benzene rings is 2. The summed E-state index contributed by atoms with van der Waals surface area (Å²) in [4.78, 5) is 11.6. The number of thiazole rings is 2. The molecule has 0 atom stereocenters. The molecule has 0 fully saturated rings. The molecule has 35 heavy (non-hydrogen) atoms. The highest BCUT2D eigenvalue weighted by molar-refractivity contribution is 7.17. The molecule has 6 aromatic rings. The molecule has 4 heterocycles. The molecular formula is C26H21N3O4S2. The summed E-state index contributed by atoms with van der Waals surface area (Å²) in [5.41, 5.74) is 3.35. The minimum atomic E-state index is 0.328. The first kappa shape index (κ1) is 21.7. The van der Waals surface area contributed by atoms with Crippen molar-refractivity contribution in [1.29, 1.82) is 0 Å². The van der Waals surface area contributed by atoms with Crippen LogP contribution in [-0.2, 0) is 6.61 Å². The molecule has 6 rings (SSSR count). The van der Waals surface area contributed by atoms with Gasteiger partial charge < -0.3 is 18.6 Å². The van der Waals surface area contributed by atoms with E-state index in [9.17, 15) is 0 Å². The Morgan fingerprint density at radius 1 is 0.971 bits per heavy atom. The maximum absolute atomic E-state index is 6.20. The summed E-state index contributed by atoms with van der Waals surface area (Å²) in [5.74, 6) is 2.83. The van der Waals surface area contributed by atoms with E-state index in [1.165, 1.54) is 4.88 Å². The average molecular weight is 504 g/mol. The van der Waals surface area contributed by atoms with Gasteiger partial charge in [-0.25, -0.2) is 9.97 Å². The van der Waals surface area contributed by atoms with E-state index in [0.29, 0.717) is 29.4 Å². The summed E-state index contributed by atoms with van der Waals surface area (Å²) in [6.07, 6.45) is 4.04. The third kappa shape index (κ3) is 4.13. The van der Waals surface area contributed by atoms with E-state index in [2.05, 4.69) is 13.1 Å². The molecular weight excluding hydrogens is 482 g/mol. The van der Waals surface area contributed by atoms with Crippen LogP contribution in [0.5, 0.6) is 17.2 Å². The third-order valence-electron chi connectivity index (χ3n) is 5.60. The number of furan rings is 1. The molecule has 9 heteroatoms. The van der Waals surface area contributed by atoms with Crippen molar-refractivity contribution in [1.82, 2.24) is 14.4 Å². The fraction of sp³-hybridized carbons (Fsp3) is 0.154. The van der Waals surface area contributed by atoms with Crippen molar-refractivity contribution in [3.05, 3.63) is 70.8 Å². The second-order valence-electron chi connectivity index (χ2n) is 7.97. The number of hydrogen-bond donors (Lipinski definition) is 0. The van der Waals surface area contributed by atoms with Gasteiger partial charge in [0.2, 0.25) is 0 Å². The van der Waals surface area contributed by atoms with E-state index in [-0.39, 0.29) is 0 Å². The molecule has 0 saturated carbocycles. The lowest BCUT2D eigenvalue weighted by Crippen LogP contribution is -1.97. The van der Waals surface area contributed by atoms with Gasteiger partial charge in [0.15, 0.2) is 10.7 Å². The minimum Gasteiger partial charge on any atom is -0.497 e. The van der Waals surface area contributed by atoms with Crippen LogP contribution in [0.25, 0.3) is 38.0 Å². The molecule has 0 unspecified atom stereocenters. The van der Waals surface area contributed by atoms with E-state index in [0.717, 1.165) is 38.1 Å². The fourth-order valence-corrected chi connectivity index (χ4v) is 5.49. The maximum Gasteiger partial charge on any atom is 0.194 e. The highest BCUT2D eigenvalue weighted by atomic mass is 32.1. The van der Waals surface area contributed by atoms with Gasteiger partial charge in [-0.1, -0.05) is 0 Å². The zero-order valence-electron chi connectivity index (χ0n) is 19.3. The van der Waals surface area contributed by atoms with E-state index >= 15 is 0 Å². The Bertz CT molecular complexity index is 1610. The molecule has 0 radical (unpaired) electrons. The van der Waals surface area contributed by atoms with Gasteiger partial charge in [0, 0.05) is 40.3 Å². The number of imidazole rings is 1. The topological polar surface area (TPSA) is 71.0 Å². The van der Waals surface area contributed by atoms with Crippen molar-refractivity contribution in [2.45, 2.75) is 13.5 Å². The Kier molecular flexibility index (Phi) is 5.43. The SMILES string of the molecule is COc1ccc(-c2nc(COc3cc(OC)cc4oc(-c5cn6cc(C)sc6n5)cc34)cs2)cc1. The molecule has 7 nitrogen and oxygen atoms in total. The molecule has 4 aromatic heterocycles. The summed E-state index contributed by atoms with van der Waals surface area (Å²) in [6, 6.07) is 13.6. The highest BCUT2D eigenvalue weighted by Gasteiger charge is 2.17. The molecule has 0 aliphatic carbocycles. The zero-order valence-corrected chi connectivity index (χ0v) is 20.9. The number of methoxy groups -OCH3 is 2. The van der Waals surface area contributed by atoms with Crippen molar-refractivity contribution in [2.75, 3.05) is 14.2 Å². The van der Waals surface area contributed by atoms with Crippen LogP contribution in [0.2, 0.25) is 0 Å². The first-order valence-corrected chi connectivity index (χ1v) is 12.6. The molecule has 0 aliphatic heterocycles. The monoisotopic (exact) mass is 503 g/mol. The lowest BCUT2D eigenvalue weighted by molar-refractivity contribution is 0.303. The molecule has 0 aliphatic rings. The smallest absolute Gasteiger partial charge is 0.194 e. The van der Waals surface area contributed by atoms with Crippen LogP contribution in [-0.4, -0.2) is 28.6 Å². The van der Waals surface area contributed by atoms with E-state index in [1.807, 2.05) is 58.4 Å². The molecule has 0 spiro atoms. The molecule has 0 bridgehead atoms. The van der Waals surface area contributed by atoms with Gasteiger partial charge in [-0.2, -0.15) is 0 Å². The normalized spacial score (nSPS) is 11.4. The van der Waals surface area contributed by atoms with Gasteiger partial charge in [0.25, 0.3) is 0 Å². The number of hydrogen-bond acceptors (Lipinski definition) is 8. The van der Waals surface area contributed by atoms with E-state index in [1.54, 1.807) is 36.9 Å². The highest BCUT2D eigenvalue weighted by Crippen LogP contribution is 2.37. The standard InChI is InChI=1S/C26H21N3O4S2/c1-15-11-29-12-21(28-26(29)35-15)24-10-20-22(8-19(31-3)9-23(20)33-24)32-13-17-14-34-25(27-17)16-4-6-18(30-2)7-5-16/h4-12,14H,13H2,1-3H3. The molecule has 0 amide bonds. The van der Waals surface area contributed by atoms with Crippen LogP contribution in [0.3, 0.4) is 0 Å². The van der Waals surface area contributed by atoms with Crippen molar-refractivity contribution < 1.29 is 18.6 Å². The van der Waals surface area contributed by atoms with Gasteiger partial charge >= 0.3 is 0 Å². The summed E-state index contributed by atoms with van der Waals surface area (Å²) >= 11 is 3.23. The minimum absolute atomic E-state index is 0.328. The molecule has 0 saturated heterocycles. The van der Waals surface area contributed by atoms with Crippen LogP contribution < -0.4 is 14.2 Å². The van der Waals surface area contributed by atoms with Gasteiger partial charge in [0.05, 0.1) is 25.3 Å². The summed E-state index contributed by atoms with van der Waals surface area (Å²) in [7, 11) is 3.28. The largest absolute Gasteiger partial charge is 0.497 e. The molecule has 2 aromatic carbocycles. The predicted octanol–water partition coefficient (Wildman–Crippen LogP) is 6.84.